The van der Waals surface area contributed by atoms with E-state index in [4.69, 9.17) is 4.74 Å². The Hall–Kier alpha value is -2.29. The van der Waals surface area contributed by atoms with Gasteiger partial charge in [-0.05, 0) is 31.4 Å². The molecule has 0 unspecified atom stereocenters. The Bertz CT molecular complexity index is 672. The zero-order valence-electron chi connectivity index (χ0n) is 13.1. The van der Waals surface area contributed by atoms with E-state index in [2.05, 4.69) is 36.5 Å². The van der Waals surface area contributed by atoms with E-state index in [0.29, 0.717) is 6.54 Å². The van der Waals surface area contributed by atoms with E-state index in [-0.39, 0.29) is 11.3 Å². The third-order valence-electron chi connectivity index (χ3n) is 4.42. The second-order valence-electron chi connectivity index (χ2n) is 5.94. The van der Waals surface area contributed by atoms with E-state index < -0.39 is 0 Å². The number of ether oxygens (including phenoxy) is 1. The molecule has 0 heterocycles. The number of methoxy groups -OCH3 is 1. The fraction of sp³-hybridized carbons (Fsp3) is 0.316. The molecule has 1 saturated carbocycles. The van der Waals surface area contributed by atoms with Crippen LogP contribution in [0, 0.1) is 6.92 Å². The highest BCUT2D eigenvalue weighted by Gasteiger charge is 2.50. The molecule has 114 valence electrons. The topological polar surface area (TPSA) is 38.3 Å². The van der Waals surface area contributed by atoms with E-state index in [1.165, 1.54) is 5.56 Å². The molecule has 0 aromatic heterocycles. The van der Waals surface area contributed by atoms with Crippen LogP contribution < -0.4 is 10.1 Å². The summed E-state index contributed by atoms with van der Waals surface area (Å²) >= 11 is 0. The number of benzene rings is 2. The first kappa shape index (κ1) is 14.6. The molecule has 1 aliphatic carbocycles. The van der Waals surface area contributed by atoms with E-state index in [9.17, 15) is 4.79 Å². The summed E-state index contributed by atoms with van der Waals surface area (Å²) in [6.07, 6.45) is 1.85. The summed E-state index contributed by atoms with van der Waals surface area (Å²) in [5, 5.41) is 3.07. The number of hydrogen-bond donors (Lipinski definition) is 1. The van der Waals surface area contributed by atoms with Crippen LogP contribution in [0.5, 0.6) is 5.75 Å². The van der Waals surface area contributed by atoms with Gasteiger partial charge in [0.1, 0.15) is 5.75 Å². The van der Waals surface area contributed by atoms with Gasteiger partial charge in [-0.1, -0.05) is 48.0 Å². The third kappa shape index (κ3) is 2.71. The molecule has 1 fully saturated rings. The smallest absolute Gasteiger partial charge is 0.230 e. The normalized spacial score (nSPS) is 15.2. The minimum absolute atomic E-state index is 0.113. The monoisotopic (exact) mass is 295 g/mol. The number of carbonyl (C=O) groups is 1. The molecular formula is C19H21NO2. The molecule has 0 radical (unpaired) electrons. The van der Waals surface area contributed by atoms with Gasteiger partial charge in [-0.15, -0.1) is 0 Å². The Labute approximate surface area is 131 Å². The maximum atomic E-state index is 12.6. The van der Waals surface area contributed by atoms with Crippen molar-refractivity contribution in [1.29, 1.82) is 0 Å². The first-order valence-corrected chi connectivity index (χ1v) is 7.63. The van der Waals surface area contributed by atoms with Crippen LogP contribution in [0.15, 0.2) is 48.5 Å². The molecule has 0 bridgehead atoms. The van der Waals surface area contributed by atoms with Crippen LogP contribution >= 0.6 is 0 Å². The quantitative estimate of drug-likeness (QED) is 0.918. The van der Waals surface area contributed by atoms with Gasteiger partial charge in [0.2, 0.25) is 5.91 Å². The lowest BCUT2D eigenvalue weighted by molar-refractivity contribution is -0.123. The van der Waals surface area contributed by atoms with Crippen LogP contribution in [0.3, 0.4) is 0 Å². The largest absolute Gasteiger partial charge is 0.496 e. The van der Waals surface area contributed by atoms with Gasteiger partial charge >= 0.3 is 0 Å². The molecule has 2 aromatic carbocycles. The number of hydrogen-bond acceptors (Lipinski definition) is 2. The third-order valence-corrected chi connectivity index (χ3v) is 4.42. The highest BCUT2D eigenvalue weighted by molar-refractivity contribution is 5.91. The van der Waals surface area contributed by atoms with Crippen molar-refractivity contribution in [2.75, 3.05) is 7.11 Å². The van der Waals surface area contributed by atoms with Crippen molar-refractivity contribution < 1.29 is 9.53 Å². The number of carbonyl (C=O) groups excluding carboxylic acids is 1. The van der Waals surface area contributed by atoms with Gasteiger partial charge in [-0.2, -0.15) is 0 Å². The molecule has 0 spiro atoms. The summed E-state index contributed by atoms with van der Waals surface area (Å²) in [6.45, 7) is 2.56. The molecule has 2 aromatic rings. The lowest BCUT2D eigenvalue weighted by Crippen LogP contribution is -2.34. The van der Waals surface area contributed by atoms with Crippen LogP contribution in [0.2, 0.25) is 0 Å². The van der Waals surface area contributed by atoms with E-state index in [0.717, 1.165) is 29.7 Å². The molecule has 3 nitrogen and oxygen atoms in total. The second kappa shape index (κ2) is 5.84. The first-order valence-electron chi connectivity index (χ1n) is 7.63. The van der Waals surface area contributed by atoms with E-state index >= 15 is 0 Å². The van der Waals surface area contributed by atoms with Gasteiger partial charge in [0.25, 0.3) is 0 Å². The van der Waals surface area contributed by atoms with Crippen molar-refractivity contribution in [1.82, 2.24) is 5.32 Å². The Kier molecular flexibility index (Phi) is 3.88. The fourth-order valence-electron chi connectivity index (χ4n) is 2.84. The van der Waals surface area contributed by atoms with Gasteiger partial charge in [0.05, 0.1) is 12.5 Å². The van der Waals surface area contributed by atoms with Crippen molar-refractivity contribution in [2.45, 2.75) is 31.7 Å². The standard InChI is InChI=1S/C19H21NO2/c1-14-7-9-16(10-8-14)19(11-12-19)18(21)20-13-15-5-3-4-6-17(15)22-2/h3-10H,11-13H2,1-2H3,(H,20,21). The van der Waals surface area contributed by atoms with Gasteiger partial charge in [0.15, 0.2) is 0 Å². The average molecular weight is 295 g/mol. The molecule has 0 saturated heterocycles. The van der Waals surface area contributed by atoms with Gasteiger partial charge in [-0.25, -0.2) is 0 Å². The fourth-order valence-corrected chi connectivity index (χ4v) is 2.84. The average Bonchev–Trinajstić information content (AvgIpc) is 3.35. The number of aryl methyl sites for hydroxylation is 1. The highest BCUT2D eigenvalue weighted by Crippen LogP contribution is 2.48. The van der Waals surface area contributed by atoms with Crippen LogP contribution in [0.4, 0.5) is 0 Å². The second-order valence-corrected chi connectivity index (χ2v) is 5.94. The molecule has 0 aliphatic heterocycles. The van der Waals surface area contributed by atoms with Gasteiger partial charge < -0.3 is 10.1 Å². The maximum Gasteiger partial charge on any atom is 0.230 e. The molecular weight excluding hydrogens is 274 g/mol. The molecule has 3 heteroatoms. The molecule has 1 aliphatic rings. The Balaban J connectivity index is 1.71. The minimum atomic E-state index is -0.324. The van der Waals surface area contributed by atoms with Crippen LogP contribution in [0.1, 0.15) is 29.5 Å². The predicted molar refractivity (Wildman–Crippen MR) is 86.9 cm³/mol. The summed E-state index contributed by atoms with van der Waals surface area (Å²) in [7, 11) is 1.65. The van der Waals surface area contributed by atoms with E-state index in [1.807, 2.05) is 24.3 Å². The van der Waals surface area contributed by atoms with Crippen molar-refractivity contribution in [3.63, 3.8) is 0 Å². The SMILES string of the molecule is COc1ccccc1CNC(=O)C1(c2ccc(C)cc2)CC1. The number of nitrogens with one attached hydrogen (secondary N) is 1. The van der Waals surface area contributed by atoms with Crippen LogP contribution in [-0.4, -0.2) is 13.0 Å². The summed E-state index contributed by atoms with van der Waals surface area (Å²) < 4.78 is 5.33. The minimum Gasteiger partial charge on any atom is -0.496 e. The van der Waals surface area contributed by atoms with Crippen molar-refractivity contribution in [3.05, 3.63) is 65.2 Å². The summed E-state index contributed by atoms with van der Waals surface area (Å²) in [5.74, 6) is 0.922. The van der Waals surface area contributed by atoms with Gasteiger partial charge in [-0.3, -0.25) is 4.79 Å². The molecule has 3 rings (SSSR count). The predicted octanol–water partition coefficient (Wildman–Crippen LogP) is 3.35. The zero-order valence-corrected chi connectivity index (χ0v) is 13.1. The highest BCUT2D eigenvalue weighted by atomic mass is 16.5. The lowest BCUT2D eigenvalue weighted by Gasteiger charge is -2.17. The van der Waals surface area contributed by atoms with E-state index in [1.54, 1.807) is 7.11 Å². The summed E-state index contributed by atoms with van der Waals surface area (Å²) in [5.41, 5.74) is 3.01. The van der Waals surface area contributed by atoms with Crippen LogP contribution in [0.25, 0.3) is 0 Å². The molecule has 1 amide bonds. The van der Waals surface area contributed by atoms with Gasteiger partial charge in [0, 0.05) is 12.1 Å². The first-order chi connectivity index (χ1) is 10.7. The maximum absolute atomic E-state index is 12.6. The summed E-state index contributed by atoms with van der Waals surface area (Å²) in [4.78, 5) is 12.6. The number of rotatable bonds is 5. The number of para-hydroxylation sites is 1. The Morgan fingerprint density at radius 1 is 1.14 bits per heavy atom. The molecule has 1 N–H and O–H groups in total. The van der Waals surface area contributed by atoms with Crippen LogP contribution in [-0.2, 0) is 16.8 Å². The van der Waals surface area contributed by atoms with Crippen molar-refractivity contribution in [3.8, 4) is 5.75 Å². The van der Waals surface area contributed by atoms with Crippen molar-refractivity contribution >= 4 is 5.91 Å². The molecule has 0 atom stereocenters. The lowest BCUT2D eigenvalue weighted by atomic mass is 9.94. The van der Waals surface area contributed by atoms with Crippen molar-refractivity contribution in [2.24, 2.45) is 0 Å². The Morgan fingerprint density at radius 2 is 1.82 bits per heavy atom. The Morgan fingerprint density at radius 3 is 2.45 bits per heavy atom. The molecule has 22 heavy (non-hydrogen) atoms. The zero-order chi connectivity index (χ0) is 15.6. The summed E-state index contributed by atoms with van der Waals surface area (Å²) in [6, 6.07) is 16.1. The number of amides is 1.